The molecule has 2 rings (SSSR count). The zero-order valence-electron chi connectivity index (χ0n) is 7.53. The third-order valence-corrected chi connectivity index (χ3v) is 1.87. The third kappa shape index (κ3) is 2.34. The number of nitrogens with zero attached hydrogens (tertiary/aromatic N) is 4. The Morgan fingerprint density at radius 3 is 2.80 bits per heavy atom. The zero-order chi connectivity index (χ0) is 10.8. The average molecular weight is 246 g/mol. The molecule has 0 fully saturated rings. The fraction of sp³-hybridized carbons (Fsp3) is 0.143. The first kappa shape index (κ1) is 10.1. The molecule has 8 heteroatoms. The number of nitrogens with one attached hydrogen (secondary N) is 1. The molecule has 0 aliphatic carbocycles. The van der Waals surface area contributed by atoms with E-state index in [1.807, 2.05) is 6.92 Å². The van der Waals surface area contributed by atoms with Gasteiger partial charge in [0.15, 0.2) is 0 Å². The summed E-state index contributed by atoms with van der Waals surface area (Å²) >= 11 is 11.2. The van der Waals surface area contributed by atoms with Crippen LogP contribution in [-0.2, 0) is 0 Å². The Morgan fingerprint density at radius 2 is 2.13 bits per heavy atom. The molecule has 78 valence electrons. The molecule has 0 saturated heterocycles. The summed E-state index contributed by atoms with van der Waals surface area (Å²) < 4.78 is 5.24. The van der Waals surface area contributed by atoms with Crippen LogP contribution in [0.3, 0.4) is 0 Å². The predicted octanol–water partition coefficient (Wildman–Crippen LogP) is 2.00. The molecule has 0 amide bonds. The van der Waals surface area contributed by atoms with Crippen molar-refractivity contribution in [3.63, 3.8) is 0 Å². The van der Waals surface area contributed by atoms with Gasteiger partial charge in [0.05, 0.1) is 0 Å². The highest BCUT2D eigenvalue weighted by Crippen LogP contribution is 2.24. The Hall–Kier alpha value is -1.40. The van der Waals surface area contributed by atoms with Gasteiger partial charge in [0.1, 0.15) is 0 Å². The van der Waals surface area contributed by atoms with Gasteiger partial charge < -0.3 is 4.74 Å². The summed E-state index contributed by atoms with van der Waals surface area (Å²) in [6.45, 7) is 1.84. The molecule has 0 atom stereocenters. The maximum atomic E-state index is 5.70. The largest absolute Gasteiger partial charge is 0.416 e. The minimum atomic E-state index is -0.0401. The maximum Gasteiger partial charge on any atom is 0.263 e. The van der Waals surface area contributed by atoms with E-state index in [2.05, 4.69) is 25.4 Å². The van der Waals surface area contributed by atoms with E-state index in [9.17, 15) is 0 Å². The van der Waals surface area contributed by atoms with E-state index in [0.29, 0.717) is 5.88 Å². The number of H-pyrrole nitrogens is 1. The highest BCUT2D eigenvalue weighted by atomic mass is 35.5. The minimum Gasteiger partial charge on any atom is -0.416 e. The minimum absolute atomic E-state index is 0.0278. The second kappa shape index (κ2) is 4.00. The Morgan fingerprint density at radius 1 is 1.33 bits per heavy atom. The van der Waals surface area contributed by atoms with Gasteiger partial charge in [0.25, 0.3) is 5.88 Å². The number of aromatic amines is 1. The van der Waals surface area contributed by atoms with Crippen molar-refractivity contribution in [2.24, 2.45) is 0 Å². The van der Waals surface area contributed by atoms with Crippen LogP contribution >= 0.6 is 23.2 Å². The number of ether oxygens (including phenoxy) is 1. The molecule has 2 aromatic rings. The van der Waals surface area contributed by atoms with Crippen LogP contribution in [0.5, 0.6) is 11.8 Å². The molecule has 0 radical (unpaired) electrons. The number of aromatic nitrogens is 5. The second-order valence-electron chi connectivity index (χ2n) is 2.67. The molecule has 0 aliphatic rings. The van der Waals surface area contributed by atoms with E-state index in [1.165, 1.54) is 0 Å². The average Bonchev–Trinajstić information content (AvgIpc) is 2.58. The highest BCUT2D eigenvalue weighted by molar-refractivity contribution is 6.31. The zero-order valence-corrected chi connectivity index (χ0v) is 9.04. The Kier molecular flexibility index (Phi) is 2.70. The summed E-state index contributed by atoms with van der Waals surface area (Å²) in [6.07, 6.45) is 0. The smallest absolute Gasteiger partial charge is 0.263 e. The number of hydrogen-bond acceptors (Lipinski definition) is 5. The molecule has 0 saturated carbocycles. The summed E-state index contributed by atoms with van der Waals surface area (Å²) in [6, 6.07) is 1.69. The lowest BCUT2D eigenvalue weighted by molar-refractivity contribution is 0.438. The van der Waals surface area contributed by atoms with Crippen molar-refractivity contribution in [1.82, 2.24) is 25.4 Å². The van der Waals surface area contributed by atoms with Crippen LogP contribution in [0, 0.1) is 6.92 Å². The number of hydrogen-bond donors (Lipinski definition) is 1. The van der Waals surface area contributed by atoms with E-state index < -0.39 is 0 Å². The third-order valence-electron chi connectivity index (χ3n) is 1.47. The van der Waals surface area contributed by atoms with Gasteiger partial charge in [-0.3, -0.25) is 5.10 Å². The van der Waals surface area contributed by atoms with Crippen molar-refractivity contribution in [3.05, 3.63) is 22.2 Å². The number of rotatable bonds is 2. The number of aryl methyl sites for hydroxylation is 1. The molecule has 2 aromatic heterocycles. The van der Waals surface area contributed by atoms with Crippen molar-refractivity contribution < 1.29 is 4.74 Å². The van der Waals surface area contributed by atoms with Crippen molar-refractivity contribution in [2.75, 3.05) is 0 Å². The van der Waals surface area contributed by atoms with Crippen LogP contribution in [0.2, 0.25) is 10.4 Å². The molecule has 0 aromatic carbocycles. The molecule has 6 nitrogen and oxygen atoms in total. The van der Waals surface area contributed by atoms with Gasteiger partial charge in [0, 0.05) is 11.8 Å². The van der Waals surface area contributed by atoms with Gasteiger partial charge in [-0.25, -0.2) is 0 Å². The van der Waals surface area contributed by atoms with Gasteiger partial charge in [-0.1, -0.05) is 11.6 Å². The first-order valence-electron chi connectivity index (χ1n) is 3.91. The Bertz CT molecular complexity index is 486. The summed E-state index contributed by atoms with van der Waals surface area (Å²) in [5.74, 6) is 0.411. The molecular weight excluding hydrogens is 241 g/mol. The quantitative estimate of drug-likeness (QED) is 0.876. The standard InChI is InChI=1S/C7H5Cl2N5O/c1-3-2-4(12-11-3)15-6-5(8)13-14-7(9)10-6/h2H,1H3,(H,11,12). The van der Waals surface area contributed by atoms with E-state index in [4.69, 9.17) is 27.9 Å². The maximum absolute atomic E-state index is 5.70. The van der Waals surface area contributed by atoms with E-state index >= 15 is 0 Å². The first-order valence-corrected chi connectivity index (χ1v) is 4.66. The van der Waals surface area contributed by atoms with Gasteiger partial charge in [-0.05, 0) is 18.5 Å². The highest BCUT2D eigenvalue weighted by Gasteiger charge is 2.10. The summed E-state index contributed by atoms with van der Waals surface area (Å²) in [5.41, 5.74) is 0.856. The van der Waals surface area contributed by atoms with E-state index in [1.54, 1.807) is 6.07 Å². The van der Waals surface area contributed by atoms with Crippen LogP contribution in [0.4, 0.5) is 0 Å². The lowest BCUT2D eigenvalue weighted by Gasteiger charge is -2.00. The summed E-state index contributed by atoms with van der Waals surface area (Å²) in [7, 11) is 0. The SMILES string of the molecule is Cc1cc(Oc2nc(Cl)nnc2Cl)n[nH]1. The molecule has 2 heterocycles. The first-order chi connectivity index (χ1) is 7.15. The fourth-order valence-corrected chi connectivity index (χ4v) is 1.12. The summed E-state index contributed by atoms with van der Waals surface area (Å²) in [5, 5.41) is 13.5. The van der Waals surface area contributed by atoms with Crippen LogP contribution in [0.25, 0.3) is 0 Å². The fourth-order valence-electron chi connectivity index (χ4n) is 0.890. The van der Waals surface area contributed by atoms with Crippen molar-refractivity contribution in [1.29, 1.82) is 0 Å². The Balaban J connectivity index is 2.27. The molecule has 1 N–H and O–H groups in total. The van der Waals surface area contributed by atoms with Gasteiger partial charge in [-0.2, -0.15) is 4.98 Å². The van der Waals surface area contributed by atoms with Gasteiger partial charge >= 0.3 is 0 Å². The monoisotopic (exact) mass is 245 g/mol. The van der Waals surface area contributed by atoms with E-state index in [-0.39, 0.29) is 16.3 Å². The van der Waals surface area contributed by atoms with Gasteiger partial charge in [-0.15, -0.1) is 15.3 Å². The molecule has 0 aliphatic heterocycles. The predicted molar refractivity (Wildman–Crippen MR) is 53.2 cm³/mol. The second-order valence-corrected chi connectivity index (χ2v) is 3.36. The van der Waals surface area contributed by atoms with Crippen molar-refractivity contribution in [2.45, 2.75) is 6.92 Å². The number of halogens is 2. The van der Waals surface area contributed by atoms with Crippen molar-refractivity contribution in [3.8, 4) is 11.8 Å². The van der Waals surface area contributed by atoms with Crippen LogP contribution < -0.4 is 4.74 Å². The summed E-state index contributed by atoms with van der Waals surface area (Å²) in [4.78, 5) is 3.76. The topological polar surface area (TPSA) is 76.6 Å². The molecule has 15 heavy (non-hydrogen) atoms. The molecular formula is C7H5Cl2N5O. The lowest BCUT2D eigenvalue weighted by atomic mass is 10.5. The molecule has 0 bridgehead atoms. The molecule has 0 unspecified atom stereocenters. The molecule has 0 spiro atoms. The van der Waals surface area contributed by atoms with Gasteiger partial charge in [0.2, 0.25) is 16.3 Å². The van der Waals surface area contributed by atoms with Crippen LogP contribution in [-0.4, -0.2) is 25.4 Å². The van der Waals surface area contributed by atoms with Crippen molar-refractivity contribution >= 4 is 23.2 Å². The normalized spacial score (nSPS) is 10.3. The van der Waals surface area contributed by atoms with Crippen LogP contribution in [0.15, 0.2) is 6.07 Å². The van der Waals surface area contributed by atoms with Crippen LogP contribution in [0.1, 0.15) is 5.69 Å². The van der Waals surface area contributed by atoms with E-state index in [0.717, 1.165) is 5.69 Å². The lowest BCUT2D eigenvalue weighted by Crippen LogP contribution is -1.94. The Labute approximate surface area is 94.6 Å².